The largest absolute Gasteiger partial charge is 0.406 e. The molecule has 1 fully saturated rings. The van der Waals surface area contributed by atoms with Gasteiger partial charge in [-0.15, -0.1) is 5.10 Å². The average molecular weight is 270 g/mol. The number of rotatable bonds is 4. The van der Waals surface area contributed by atoms with Gasteiger partial charge in [0.25, 0.3) is 0 Å². The lowest BCUT2D eigenvalue weighted by molar-refractivity contribution is 0.429. The van der Waals surface area contributed by atoms with Crippen molar-refractivity contribution in [2.24, 2.45) is 0 Å². The maximum Gasteiger partial charge on any atom is 0.318 e. The van der Waals surface area contributed by atoms with Crippen LogP contribution in [-0.2, 0) is 0 Å². The summed E-state index contributed by atoms with van der Waals surface area (Å²) in [6.45, 7) is 4.05. The van der Waals surface area contributed by atoms with Crippen molar-refractivity contribution >= 4 is 17.8 Å². The highest BCUT2D eigenvalue weighted by molar-refractivity contribution is 7.99. The summed E-state index contributed by atoms with van der Waals surface area (Å²) in [6.07, 6.45) is 5.87. The van der Waals surface area contributed by atoms with E-state index in [0.717, 1.165) is 18.3 Å². The molecule has 1 aliphatic rings. The molecule has 0 spiro atoms. The van der Waals surface area contributed by atoms with E-state index < -0.39 is 0 Å². The zero-order chi connectivity index (χ0) is 13.0. The van der Waals surface area contributed by atoms with Crippen LogP contribution in [0.1, 0.15) is 38.1 Å². The molecule has 1 N–H and O–H groups in total. The van der Waals surface area contributed by atoms with E-state index >= 15 is 0 Å². The normalized spacial score (nSPS) is 22.8. The first kappa shape index (κ1) is 13.7. The van der Waals surface area contributed by atoms with Crippen molar-refractivity contribution in [1.82, 2.24) is 15.5 Å². The summed E-state index contributed by atoms with van der Waals surface area (Å²) in [6, 6.07) is 0.783. The molecule has 1 aromatic rings. The summed E-state index contributed by atoms with van der Waals surface area (Å²) >= 11 is 1.97. The molecule has 0 saturated carbocycles. The second-order valence-electron chi connectivity index (χ2n) is 4.71. The zero-order valence-corrected chi connectivity index (χ0v) is 12.2. The first-order valence-electron chi connectivity index (χ1n) is 6.53. The van der Waals surface area contributed by atoms with Gasteiger partial charge in [-0.2, -0.15) is 11.8 Å². The van der Waals surface area contributed by atoms with Crippen LogP contribution in [0.2, 0.25) is 0 Å². The molecule has 0 aliphatic carbocycles. The fraction of sp³-hybridized carbons (Fsp3) is 0.833. The topological polar surface area (TPSA) is 54.2 Å². The predicted molar refractivity (Wildman–Crippen MR) is 75.1 cm³/mol. The van der Waals surface area contributed by atoms with Gasteiger partial charge in [0, 0.05) is 18.3 Å². The van der Waals surface area contributed by atoms with Crippen molar-refractivity contribution in [1.29, 1.82) is 0 Å². The lowest BCUT2D eigenvalue weighted by Crippen LogP contribution is -2.24. The molecule has 1 aliphatic heterocycles. The maximum atomic E-state index is 5.73. The molecule has 2 heterocycles. The number of hydrogen-bond donors (Lipinski definition) is 1. The van der Waals surface area contributed by atoms with E-state index in [4.69, 9.17) is 4.42 Å². The van der Waals surface area contributed by atoms with Gasteiger partial charge in [-0.1, -0.05) is 5.10 Å². The monoisotopic (exact) mass is 270 g/mol. The average Bonchev–Trinajstić information content (AvgIpc) is 2.76. The third-order valence-electron chi connectivity index (χ3n) is 3.51. The van der Waals surface area contributed by atoms with Gasteiger partial charge in [0.05, 0.1) is 6.04 Å². The Morgan fingerprint density at radius 2 is 2.22 bits per heavy atom. The van der Waals surface area contributed by atoms with E-state index in [2.05, 4.69) is 26.7 Å². The third kappa shape index (κ3) is 3.17. The molecule has 0 amide bonds. The van der Waals surface area contributed by atoms with Gasteiger partial charge in [-0.3, -0.25) is 0 Å². The number of nitrogens with one attached hydrogen (secondary N) is 1. The Labute approximate surface area is 113 Å². The van der Waals surface area contributed by atoms with Crippen molar-refractivity contribution in [3.63, 3.8) is 0 Å². The fourth-order valence-corrected chi connectivity index (χ4v) is 2.89. The van der Waals surface area contributed by atoms with Gasteiger partial charge in [0.2, 0.25) is 5.89 Å². The van der Waals surface area contributed by atoms with Crippen molar-refractivity contribution in [3.8, 4) is 0 Å². The highest BCUT2D eigenvalue weighted by Crippen LogP contribution is 2.24. The molecule has 1 aromatic heterocycles. The molecule has 2 unspecified atom stereocenters. The standard InChI is InChI=1S/C12H22N4OS/c1-9(13-2)11-14-15-12(17-11)16-7-4-5-10(18-3)6-8-16/h9-10,13H,4-8H2,1-3H3. The van der Waals surface area contributed by atoms with Crippen molar-refractivity contribution in [3.05, 3.63) is 5.89 Å². The molecular weight excluding hydrogens is 248 g/mol. The summed E-state index contributed by atoms with van der Waals surface area (Å²) in [5.74, 6) is 0.665. The highest BCUT2D eigenvalue weighted by Gasteiger charge is 2.21. The van der Waals surface area contributed by atoms with Crippen LogP contribution in [0.4, 0.5) is 6.01 Å². The van der Waals surface area contributed by atoms with E-state index in [0.29, 0.717) is 11.9 Å². The predicted octanol–water partition coefficient (Wildman–Crippen LogP) is 2.07. The lowest BCUT2D eigenvalue weighted by atomic mass is 10.2. The Balaban J connectivity index is 2.00. The number of anilines is 1. The van der Waals surface area contributed by atoms with Gasteiger partial charge < -0.3 is 14.6 Å². The summed E-state index contributed by atoms with van der Waals surface area (Å²) in [5.41, 5.74) is 0. The summed E-state index contributed by atoms with van der Waals surface area (Å²) in [5, 5.41) is 12.1. The minimum atomic E-state index is 0.108. The van der Waals surface area contributed by atoms with Gasteiger partial charge in [0.1, 0.15) is 0 Å². The molecule has 0 aromatic carbocycles. The summed E-state index contributed by atoms with van der Waals surface area (Å²) in [4.78, 5) is 2.22. The number of nitrogens with zero attached hydrogens (tertiary/aromatic N) is 3. The van der Waals surface area contributed by atoms with E-state index in [-0.39, 0.29) is 6.04 Å². The minimum Gasteiger partial charge on any atom is -0.406 e. The van der Waals surface area contributed by atoms with Crippen LogP contribution < -0.4 is 10.2 Å². The van der Waals surface area contributed by atoms with E-state index in [1.165, 1.54) is 19.3 Å². The Kier molecular flexibility index (Phi) is 4.88. The Hall–Kier alpha value is -0.750. The number of thioether (sulfide) groups is 1. The van der Waals surface area contributed by atoms with Crippen molar-refractivity contribution in [2.45, 2.75) is 37.5 Å². The smallest absolute Gasteiger partial charge is 0.318 e. The molecule has 0 radical (unpaired) electrons. The highest BCUT2D eigenvalue weighted by atomic mass is 32.2. The van der Waals surface area contributed by atoms with E-state index in [9.17, 15) is 0 Å². The first-order valence-corrected chi connectivity index (χ1v) is 7.81. The minimum absolute atomic E-state index is 0.108. The van der Waals surface area contributed by atoms with Crippen LogP contribution >= 0.6 is 11.8 Å². The van der Waals surface area contributed by atoms with E-state index in [1.54, 1.807) is 0 Å². The third-order valence-corrected chi connectivity index (χ3v) is 4.65. The maximum absolute atomic E-state index is 5.73. The Bertz CT molecular complexity index is 371. The van der Waals surface area contributed by atoms with Gasteiger partial charge in [-0.05, 0) is 39.5 Å². The number of hydrogen-bond acceptors (Lipinski definition) is 6. The second kappa shape index (κ2) is 6.43. The molecule has 0 bridgehead atoms. The van der Waals surface area contributed by atoms with Crippen LogP contribution in [0, 0.1) is 0 Å². The van der Waals surface area contributed by atoms with Crippen LogP contribution in [0.5, 0.6) is 0 Å². The summed E-state index contributed by atoms with van der Waals surface area (Å²) in [7, 11) is 1.89. The zero-order valence-electron chi connectivity index (χ0n) is 11.3. The number of aromatic nitrogens is 2. The fourth-order valence-electron chi connectivity index (χ4n) is 2.15. The molecule has 102 valence electrons. The molecule has 2 rings (SSSR count). The SMILES string of the molecule is CNC(C)c1nnc(N2CCCC(SC)CC2)o1. The molecule has 5 nitrogen and oxygen atoms in total. The Morgan fingerprint density at radius 3 is 2.94 bits per heavy atom. The van der Waals surface area contributed by atoms with Crippen molar-refractivity contribution in [2.75, 3.05) is 31.3 Å². The van der Waals surface area contributed by atoms with Crippen molar-refractivity contribution < 1.29 is 4.42 Å². The Morgan fingerprint density at radius 1 is 1.39 bits per heavy atom. The molecule has 2 atom stereocenters. The second-order valence-corrected chi connectivity index (χ2v) is 5.85. The van der Waals surface area contributed by atoms with Crippen LogP contribution in [-0.4, -0.2) is 41.8 Å². The molecule has 1 saturated heterocycles. The van der Waals surface area contributed by atoms with Gasteiger partial charge in [0.15, 0.2) is 0 Å². The van der Waals surface area contributed by atoms with Gasteiger partial charge >= 0.3 is 6.01 Å². The lowest BCUT2D eigenvalue weighted by Gasteiger charge is -2.17. The first-order chi connectivity index (χ1) is 8.74. The van der Waals surface area contributed by atoms with Crippen LogP contribution in [0.25, 0.3) is 0 Å². The molecule has 18 heavy (non-hydrogen) atoms. The molecular formula is C12H22N4OS. The van der Waals surface area contributed by atoms with Crippen LogP contribution in [0.3, 0.4) is 0 Å². The van der Waals surface area contributed by atoms with Gasteiger partial charge in [-0.25, -0.2) is 0 Å². The quantitative estimate of drug-likeness (QED) is 0.904. The molecule has 6 heteroatoms. The van der Waals surface area contributed by atoms with E-state index in [1.807, 2.05) is 25.7 Å². The van der Waals surface area contributed by atoms with Crippen LogP contribution in [0.15, 0.2) is 4.42 Å². The summed E-state index contributed by atoms with van der Waals surface area (Å²) < 4.78 is 5.73.